The van der Waals surface area contributed by atoms with E-state index in [9.17, 15) is 9.59 Å². The van der Waals surface area contributed by atoms with Crippen LogP contribution in [0.2, 0.25) is 0 Å². The van der Waals surface area contributed by atoms with Crippen molar-refractivity contribution in [3.05, 3.63) is 168 Å². The van der Waals surface area contributed by atoms with E-state index in [0.717, 1.165) is 22.3 Å². The van der Waals surface area contributed by atoms with Gasteiger partial charge in [0.05, 0.1) is 0 Å². The number of rotatable bonds is 8. The molecule has 0 heterocycles. The summed E-state index contributed by atoms with van der Waals surface area (Å²) < 4.78 is 0. The van der Waals surface area contributed by atoms with Crippen LogP contribution in [0.5, 0.6) is 0 Å². The first-order valence-corrected chi connectivity index (χ1v) is 11.7. The minimum absolute atomic E-state index is 0. The fourth-order valence-corrected chi connectivity index (χ4v) is 3.08. The molecule has 0 aliphatic rings. The maximum atomic E-state index is 11.6. The zero-order valence-electron chi connectivity index (χ0n) is 21.1. The van der Waals surface area contributed by atoms with E-state index in [1.165, 1.54) is 0 Å². The molecule has 0 N–H and O–H groups in total. The van der Waals surface area contributed by atoms with Gasteiger partial charge < -0.3 is 24.8 Å². The van der Waals surface area contributed by atoms with Crippen molar-refractivity contribution in [3.8, 4) is 0 Å². The van der Waals surface area contributed by atoms with E-state index in [1.807, 2.05) is 146 Å². The van der Waals surface area contributed by atoms with Crippen molar-refractivity contribution in [2.24, 2.45) is 0 Å². The van der Waals surface area contributed by atoms with Gasteiger partial charge in [-0.1, -0.05) is 146 Å². The van der Waals surface area contributed by atoms with Crippen LogP contribution in [0, 0.1) is 0 Å². The van der Waals surface area contributed by atoms with E-state index in [1.54, 1.807) is 24.3 Å². The van der Waals surface area contributed by atoms with E-state index in [4.69, 9.17) is 0 Å². The van der Waals surface area contributed by atoms with Gasteiger partial charge in [-0.2, -0.15) is 0 Å². The van der Waals surface area contributed by atoms with Gasteiger partial charge in [-0.05, 0) is 46.6 Å². The molecule has 4 rings (SSSR count). The number of ketones is 2. The number of hydrogen-bond acceptors (Lipinski definition) is 2. The Morgan fingerprint density at radius 2 is 0.538 bits per heavy atom. The van der Waals surface area contributed by atoms with Crippen LogP contribution in [-0.2, 0) is 30.0 Å². The molecule has 0 saturated heterocycles. The van der Waals surface area contributed by atoms with Gasteiger partial charge in [-0.3, -0.25) is 9.59 Å². The fraction of sp³-hybridized carbons (Fsp3) is 0. The van der Waals surface area contributed by atoms with Crippen molar-refractivity contribution >= 4 is 35.9 Å². The molecule has 2 nitrogen and oxygen atoms in total. The van der Waals surface area contributed by atoms with E-state index in [-0.39, 0.29) is 56.8 Å². The molecule has 5 heteroatoms. The summed E-state index contributed by atoms with van der Waals surface area (Å²) in [5.74, 6) is -0.0228. The molecule has 0 unspecified atom stereocenters. The molecule has 0 bridgehead atoms. The van der Waals surface area contributed by atoms with Gasteiger partial charge in [-0.25, -0.2) is 0 Å². The number of halogens is 2. The van der Waals surface area contributed by atoms with Crippen LogP contribution in [0.1, 0.15) is 22.3 Å². The predicted octanol–water partition coefficient (Wildman–Crippen LogP) is 1.97. The van der Waals surface area contributed by atoms with E-state index in [0.29, 0.717) is 0 Å². The van der Waals surface area contributed by atoms with Crippen molar-refractivity contribution in [2.45, 2.75) is 0 Å². The number of carbonyl (C=O) groups excluding carboxylic acids is 2. The van der Waals surface area contributed by atoms with Gasteiger partial charge in [0.25, 0.3) is 0 Å². The summed E-state index contributed by atoms with van der Waals surface area (Å²) in [7, 11) is 0. The van der Waals surface area contributed by atoms with Crippen molar-refractivity contribution in [3.63, 3.8) is 0 Å². The van der Waals surface area contributed by atoms with Crippen LogP contribution < -0.4 is 24.8 Å². The zero-order valence-corrected chi connectivity index (χ0v) is 24.1. The SMILES string of the molecule is O=C(C=Cc1ccccc1)C=Cc1ccccc1.O=C(C=Cc1ccccc1)C=Cc1ccccc1.[Cl-].[Cl-].[Pd+2]. The molecule has 0 aromatic heterocycles. The van der Waals surface area contributed by atoms with Gasteiger partial charge in [0.1, 0.15) is 0 Å². The first-order chi connectivity index (χ1) is 17.7. The van der Waals surface area contributed by atoms with Gasteiger partial charge >= 0.3 is 20.4 Å². The first-order valence-electron chi connectivity index (χ1n) is 11.7. The molecule has 0 aliphatic carbocycles. The smallest absolute Gasteiger partial charge is 1.00 e. The first kappa shape index (κ1) is 35.4. The molecule has 0 amide bonds. The normalized spacial score (nSPS) is 10.3. The average molecular weight is 646 g/mol. The molecule has 0 saturated carbocycles. The van der Waals surface area contributed by atoms with Crippen LogP contribution in [0.25, 0.3) is 24.3 Å². The van der Waals surface area contributed by atoms with Crippen molar-refractivity contribution in [2.75, 3.05) is 0 Å². The largest absolute Gasteiger partial charge is 2.00 e. The van der Waals surface area contributed by atoms with Crippen LogP contribution in [-0.4, -0.2) is 11.6 Å². The van der Waals surface area contributed by atoms with Crippen molar-refractivity contribution < 1.29 is 54.8 Å². The molecule has 0 spiro atoms. The maximum absolute atomic E-state index is 11.6. The Balaban J connectivity index is 0.000000688. The molecule has 0 aliphatic heterocycles. The van der Waals surface area contributed by atoms with Crippen molar-refractivity contribution in [1.29, 1.82) is 0 Å². The van der Waals surface area contributed by atoms with Crippen LogP contribution in [0.15, 0.2) is 146 Å². The number of allylic oxidation sites excluding steroid dienone is 4. The summed E-state index contributed by atoms with van der Waals surface area (Å²) in [6, 6.07) is 39.1. The summed E-state index contributed by atoms with van der Waals surface area (Å²) in [4.78, 5) is 23.2. The van der Waals surface area contributed by atoms with E-state index >= 15 is 0 Å². The Morgan fingerprint density at radius 3 is 0.718 bits per heavy atom. The second kappa shape index (κ2) is 21.4. The molecule has 39 heavy (non-hydrogen) atoms. The molecular formula is C34H28Cl2O2Pd. The second-order valence-corrected chi connectivity index (χ2v) is 7.78. The third kappa shape index (κ3) is 15.4. The van der Waals surface area contributed by atoms with Gasteiger partial charge in [0.15, 0.2) is 11.6 Å². The van der Waals surface area contributed by atoms with Crippen LogP contribution in [0.4, 0.5) is 0 Å². The summed E-state index contributed by atoms with van der Waals surface area (Å²) in [5, 5.41) is 0. The van der Waals surface area contributed by atoms with Crippen LogP contribution in [0.3, 0.4) is 0 Å². The molecule has 4 aromatic rings. The minimum Gasteiger partial charge on any atom is -1.00 e. The van der Waals surface area contributed by atoms with E-state index in [2.05, 4.69) is 0 Å². The van der Waals surface area contributed by atoms with Crippen LogP contribution >= 0.6 is 0 Å². The Morgan fingerprint density at radius 1 is 0.359 bits per heavy atom. The Kier molecular flexibility index (Phi) is 19.4. The minimum atomic E-state index is -0.0114. The average Bonchev–Trinajstić information content (AvgIpc) is 2.95. The standard InChI is InChI=1S/2C17H14O.2ClH.Pd/c2*18-17(13-11-15-7-3-1-4-8-15)14-12-16-9-5-2-6-10-16;;;/h2*1-14H;2*1H;/q;;;;+2/p-2. The third-order valence-corrected chi connectivity index (χ3v) is 4.96. The molecule has 0 radical (unpaired) electrons. The molecule has 0 atom stereocenters. The Labute approximate surface area is 257 Å². The Hall–Kier alpha value is -3.58. The van der Waals surface area contributed by atoms with Gasteiger partial charge in [-0.15, -0.1) is 0 Å². The second-order valence-electron chi connectivity index (χ2n) is 7.78. The topological polar surface area (TPSA) is 34.1 Å². The maximum Gasteiger partial charge on any atom is 2.00 e. The summed E-state index contributed by atoms with van der Waals surface area (Å²) in [6.07, 6.45) is 13.6. The van der Waals surface area contributed by atoms with E-state index < -0.39 is 0 Å². The molecule has 200 valence electrons. The van der Waals surface area contributed by atoms with Gasteiger partial charge in [0.2, 0.25) is 0 Å². The van der Waals surface area contributed by atoms with Crippen molar-refractivity contribution in [1.82, 2.24) is 0 Å². The van der Waals surface area contributed by atoms with Gasteiger partial charge in [0, 0.05) is 0 Å². The molecule has 4 aromatic carbocycles. The fourth-order valence-electron chi connectivity index (χ4n) is 3.08. The predicted molar refractivity (Wildman–Crippen MR) is 152 cm³/mol. The molecular weight excluding hydrogens is 618 g/mol. The quantitative estimate of drug-likeness (QED) is 0.217. The zero-order chi connectivity index (χ0) is 25.3. The molecule has 0 fully saturated rings. The Bertz CT molecular complexity index is 1120. The monoisotopic (exact) mass is 644 g/mol. The summed E-state index contributed by atoms with van der Waals surface area (Å²) >= 11 is 0. The third-order valence-electron chi connectivity index (χ3n) is 4.96. The summed E-state index contributed by atoms with van der Waals surface area (Å²) in [6.45, 7) is 0. The number of carbonyl (C=O) groups is 2. The summed E-state index contributed by atoms with van der Waals surface area (Å²) in [5.41, 5.74) is 4.11. The number of hydrogen-bond donors (Lipinski definition) is 0. The number of benzene rings is 4.